The molecule has 1 atom stereocenters. The molecule has 24 heavy (non-hydrogen) atoms. The minimum absolute atomic E-state index is 0.405. The first kappa shape index (κ1) is 17.2. The van der Waals surface area contributed by atoms with Crippen molar-refractivity contribution >= 4 is 31.0 Å². The highest BCUT2D eigenvalue weighted by molar-refractivity contribution is 8.03. The molecule has 0 bridgehead atoms. The van der Waals surface area contributed by atoms with Crippen molar-refractivity contribution in [3.8, 4) is 0 Å². The van der Waals surface area contributed by atoms with Crippen LogP contribution in [0.4, 0.5) is 18.3 Å². The fourth-order valence-electron chi connectivity index (χ4n) is 2.14. The maximum absolute atomic E-state index is 12.9. The van der Waals surface area contributed by atoms with Crippen molar-refractivity contribution in [3.05, 3.63) is 40.7 Å². The standard InChI is InChI=1S/C15H16F3N3OS2/c1-9(11-5-6-13(19-7-11)15(16,17)18)24(2,22)21-14-20-12(8-23-14)10-3-4-10/h5-8,10H,3-4H2,1-2H3,(H,20,21,22). The summed E-state index contributed by atoms with van der Waals surface area (Å²) in [5, 5.41) is 2.51. The van der Waals surface area contributed by atoms with Gasteiger partial charge in [0.15, 0.2) is 5.13 Å². The van der Waals surface area contributed by atoms with Gasteiger partial charge < -0.3 is 0 Å². The van der Waals surface area contributed by atoms with E-state index in [0.717, 1.165) is 30.8 Å². The largest absolute Gasteiger partial charge is 0.433 e. The van der Waals surface area contributed by atoms with Crippen LogP contribution in [0.15, 0.2) is 23.7 Å². The molecule has 130 valence electrons. The van der Waals surface area contributed by atoms with Crippen LogP contribution in [0.25, 0.3) is 0 Å². The Morgan fingerprint density at radius 1 is 1.38 bits per heavy atom. The van der Waals surface area contributed by atoms with E-state index in [1.165, 1.54) is 23.7 Å². The molecule has 0 spiro atoms. The molecule has 1 aliphatic carbocycles. The quantitative estimate of drug-likeness (QED) is 0.651. The summed E-state index contributed by atoms with van der Waals surface area (Å²) in [4.78, 5) is 8.28. The Morgan fingerprint density at radius 3 is 2.62 bits per heavy atom. The Kier molecular flexibility index (Phi) is 4.33. The maximum atomic E-state index is 12.9. The molecule has 3 rings (SSSR count). The molecular weight excluding hydrogens is 359 g/mol. The summed E-state index contributed by atoms with van der Waals surface area (Å²) in [5.41, 5.74) is 0.442. The third-order valence-corrected chi connectivity index (χ3v) is 6.74. The van der Waals surface area contributed by atoms with Crippen molar-refractivity contribution in [2.45, 2.75) is 31.9 Å². The van der Waals surface area contributed by atoms with Gasteiger partial charge in [-0.1, -0.05) is 6.07 Å². The van der Waals surface area contributed by atoms with Crippen molar-refractivity contribution < 1.29 is 17.4 Å². The van der Waals surface area contributed by atoms with Crippen LogP contribution in [0.3, 0.4) is 0 Å². The summed E-state index contributed by atoms with van der Waals surface area (Å²) in [6, 6.07) is 2.18. The van der Waals surface area contributed by atoms with Crippen molar-refractivity contribution in [1.29, 1.82) is 0 Å². The number of thiazole rings is 1. The van der Waals surface area contributed by atoms with Crippen LogP contribution in [-0.4, -0.2) is 25.3 Å². The van der Waals surface area contributed by atoms with Crippen LogP contribution in [0.5, 0.6) is 0 Å². The molecule has 1 aliphatic rings. The summed E-state index contributed by atoms with van der Waals surface area (Å²) >= 11 is 1.38. The molecule has 0 saturated heterocycles. The SMILES string of the molecule is CC(c1ccc(C(F)(F)F)nc1)=S(C)(=O)Nc1nc(C2CC2)cs1. The van der Waals surface area contributed by atoms with Crippen molar-refractivity contribution in [2.24, 2.45) is 0 Å². The third kappa shape index (κ3) is 3.72. The van der Waals surface area contributed by atoms with Gasteiger partial charge >= 0.3 is 6.18 Å². The van der Waals surface area contributed by atoms with E-state index in [9.17, 15) is 17.4 Å². The first-order valence-electron chi connectivity index (χ1n) is 7.26. The van der Waals surface area contributed by atoms with Crippen LogP contribution >= 0.6 is 11.3 Å². The normalized spacial score (nSPS) is 17.4. The van der Waals surface area contributed by atoms with Gasteiger partial charge in [0.2, 0.25) is 0 Å². The summed E-state index contributed by atoms with van der Waals surface area (Å²) in [6.45, 7) is 1.62. The Labute approximate surface area is 142 Å². The van der Waals surface area contributed by atoms with Gasteiger partial charge in [0.1, 0.15) is 5.69 Å². The lowest BCUT2D eigenvalue weighted by molar-refractivity contribution is -0.141. The van der Waals surface area contributed by atoms with Gasteiger partial charge in [0.05, 0.1) is 15.4 Å². The fourth-order valence-corrected chi connectivity index (χ4v) is 4.55. The van der Waals surface area contributed by atoms with Crippen LogP contribution in [0, 0.1) is 0 Å². The van der Waals surface area contributed by atoms with Gasteiger partial charge in [-0.05, 0) is 25.8 Å². The lowest BCUT2D eigenvalue weighted by atomic mass is 10.2. The Bertz CT molecular complexity index is 861. The molecular formula is C15H16F3N3OS2. The third-order valence-electron chi connectivity index (χ3n) is 3.84. The van der Waals surface area contributed by atoms with Crippen molar-refractivity contribution in [3.63, 3.8) is 0 Å². The molecule has 9 heteroatoms. The first-order chi connectivity index (χ1) is 11.2. The average molecular weight is 375 g/mol. The number of pyridine rings is 1. The van der Waals surface area contributed by atoms with E-state index in [-0.39, 0.29) is 0 Å². The topological polar surface area (TPSA) is 54.9 Å². The summed E-state index contributed by atoms with van der Waals surface area (Å²) < 4.78 is 53.5. The second-order valence-electron chi connectivity index (χ2n) is 5.78. The number of nitrogens with one attached hydrogen (secondary N) is 1. The summed E-state index contributed by atoms with van der Waals surface area (Å²) in [6.07, 6.45) is 0.386. The number of halogens is 3. The molecule has 1 unspecified atom stereocenters. The highest BCUT2D eigenvalue weighted by Gasteiger charge is 2.32. The maximum Gasteiger partial charge on any atom is 0.433 e. The number of rotatable bonds is 4. The number of hydrogen-bond donors (Lipinski definition) is 1. The molecule has 1 fully saturated rings. The second kappa shape index (κ2) is 6.03. The molecule has 2 aromatic heterocycles. The smallest absolute Gasteiger partial charge is 0.288 e. The van der Waals surface area contributed by atoms with Gasteiger partial charge in [-0.2, -0.15) is 13.2 Å². The number of anilines is 1. The molecule has 2 heterocycles. The molecule has 0 amide bonds. The van der Waals surface area contributed by atoms with Gasteiger partial charge in [0, 0.05) is 34.2 Å². The first-order valence-corrected chi connectivity index (χ1v) is 10.1. The van der Waals surface area contributed by atoms with Gasteiger partial charge in [0.25, 0.3) is 0 Å². The van der Waals surface area contributed by atoms with E-state index in [4.69, 9.17) is 0 Å². The van der Waals surface area contributed by atoms with E-state index >= 15 is 0 Å². The summed E-state index contributed by atoms with van der Waals surface area (Å²) in [7, 11) is -2.66. The van der Waals surface area contributed by atoms with E-state index < -0.39 is 21.6 Å². The van der Waals surface area contributed by atoms with E-state index in [0.29, 0.717) is 21.5 Å². The lowest BCUT2D eigenvalue weighted by Gasteiger charge is -2.12. The Morgan fingerprint density at radius 2 is 2.08 bits per heavy atom. The van der Waals surface area contributed by atoms with E-state index in [1.807, 2.05) is 5.38 Å². The number of aromatic nitrogens is 2. The lowest BCUT2D eigenvalue weighted by Crippen LogP contribution is -2.20. The highest BCUT2D eigenvalue weighted by Crippen LogP contribution is 2.41. The summed E-state index contributed by atoms with van der Waals surface area (Å²) in [5.74, 6) is 0.508. The van der Waals surface area contributed by atoms with Crippen LogP contribution < -0.4 is 4.72 Å². The number of nitrogens with zero attached hydrogens (tertiary/aromatic N) is 2. The molecule has 1 saturated carbocycles. The van der Waals surface area contributed by atoms with Crippen molar-refractivity contribution in [1.82, 2.24) is 9.97 Å². The van der Waals surface area contributed by atoms with E-state index in [1.54, 1.807) is 6.92 Å². The average Bonchev–Trinajstić information content (AvgIpc) is 3.26. The van der Waals surface area contributed by atoms with Gasteiger partial charge in [-0.3, -0.25) is 9.71 Å². The van der Waals surface area contributed by atoms with Crippen LogP contribution in [0.1, 0.15) is 42.6 Å². The zero-order chi connectivity index (χ0) is 17.5. The van der Waals surface area contributed by atoms with Crippen molar-refractivity contribution in [2.75, 3.05) is 11.0 Å². The van der Waals surface area contributed by atoms with Gasteiger partial charge in [-0.15, -0.1) is 11.3 Å². The van der Waals surface area contributed by atoms with Crippen LogP contribution in [-0.2, 0) is 15.9 Å². The predicted molar refractivity (Wildman–Crippen MR) is 90.8 cm³/mol. The second-order valence-corrected chi connectivity index (χ2v) is 9.15. The molecule has 0 aromatic carbocycles. The zero-order valence-electron chi connectivity index (χ0n) is 13.1. The van der Waals surface area contributed by atoms with Gasteiger partial charge in [-0.25, -0.2) is 9.19 Å². The predicted octanol–water partition coefficient (Wildman–Crippen LogP) is 3.92. The Balaban J connectivity index is 1.85. The van der Waals surface area contributed by atoms with Crippen LogP contribution in [0.2, 0.25) is 0 Å². The molecule has 1 N–H and O–H groups in total. The minimum atomic E-state index is -4.49. The molecule has 2 aromatic rings. The minimum Gasteiger partial charge on any atom is -0.288 e. The zero-order valence-corrected chi connectivity index (χ0v) is 14.7. The fraction of sp³-hybridized carbons (Fsp3) is 0.400. The number of alkyl halides is 3. The Hall–Kier alpha value is -1.61. The number of hydrogen-bond acceptors (Lipinski definition) is 4. The molecule has 0 radical (unpaired) electrons. The monoisotopic (exact) mass is 375 g/mol. The highest BCUT2D eigenvalue weighted by atomic mass is 32.2. The molecule has 4 nitrogen and oxygen atoms in total. The molecule has 0 aliphatic heterocycles. The van der Waals surface area contributed by atoms with E-state index in [2.05, 4.69) is 14.7 Å².